The number of alkyl halides is 4. The second-order valence-electron chi connectivity index (χ2n) is 21.0. The first-order valence-corrected chi connectivity index (χ1v) is 30.9. The molecule has 0 N–H and O–H groups in total. The van der Waals surface area contributed by atoms with E-state index in [0.29, 0.717) is 67.6 Å². The molecule has 1 amide bonds. The van der Waals surface area contributed by atoms with Crippen molar-refractivity contribution in [2.75, 3.05) is 18.1 Å². The lowest BCUT2D eigenvalue weighted by Crippen LogP contribution is -2.22. The van der Waals surface area contributed by atoms with Crippen LogP contribution in [-0.4, -0.2) is 30.5 Å². The third-order valence-corrected chi connectivity index (χ3v) is 13.9. The van der Waals surface area contributed by atoms with Gasteiger partial charge >= 0.3 is 0 Å². The van der Waals surface area contributed by atoms with Crippen LogP contribution in [0.15, 0.2) is 237 Å². The summed E-state index contributed by atoms with van der Waals surface area (Å²) < 4.78 is 64.6. The summed E-state index contributed by atoms with van der Waals surface area (Å²) >= 11 is 3.42. The van der Waals surface area contributed by atoms with Crippen LogP contribution >= 0.6 is 15.9 Å². The first-order chi connectivity index (χ1) is 42.6. The van der Waals surface area contributed by atoms with E-state index in [0.717, 1.165) is 62.5 Å². The Morgan fingerprint density at radius 1 is 0.580 bits per heavy atom. The van der Waals surface area contributed by atoms with Crippen LogP contribution in [-0.2, 0) is 25.2 Å². The van der Waals surface area contributed by atoms with Crippen molar-refractivity contribution in [1.29, 1.82) is 0 Å². The van der Waals surface area contributed by atoms with Crippen LogP contribution < -0.4 is 28.6 Å². The van der Waals surface area contributed by atoms with Crippen molar-refractivity contribution >= 4 is 27.5 Å². The normalized spacial score (nSPS) is 11.6. The number of carbonyl (C=O) groups excluding carboxylic acids is 1. The van der Waals surface area contributed by atoms with Gasteiger partial charge in [-0.25, -0.2) is 18.2 Å². The fourth-order valence-corrected chi connectivity index (χ4v) is 8.73. The number of anilines is 1. The van der Waals surface area contributed by atoms with Gasteiger partial charge in [0.05, 0.1) is 13.2 Å². The smallest absolute Gasteiger partial charge is 0.258 e. The number of hydrogen-bond acceptors (Lipinski definition) is 7. The molecule has 9 aromatic rings. The van der Waals surface area contributed by atoms with Gasteiger partial charge in [0.1, 0.15) is 54.8 Å². The molecule has 0 radical (unpaired) electrons. The van der Waals surface area contributed by atoms with Crippen LogP contribution in [0, 0.1) is 6.92 Å². The molecule has 88 heavy (non-hydrogen) atoms. The monoisotopic (exact) mass is 1260 g/mol. The number of aryl methyl sites for hydroxylation is 1. The minimum Gasteiger partial charge on any atom is -0.494 e. The Labute approximate surface area is 529 Å². The van der Waals surface area contributed by atoms with Crippen LogP contribution in [0.5, 0.6) is 34.6 Å². The van der Waals surface area contributed by atoms with E-state index in [1.54, 1.807) is 66.9 Å². The number of aromatic nitrogens is 1. The van der Waals surface area contributed by atoms with Gasteiger partial charge in [-0.3, -0.25) is 4.79 Å². The molecule has 2 heterocycles. The van der Waals surface area contributed by atoms with Crippen LogP contribution in [0.1, 0.15) is 134 Å². The van der Waals surface area contributed by atoms with Gasteiger partial charge in [0.15, 0.2) is 0 Å². The SMILES string of the molecule is C=CCOc1ccc(OCC)cc1.CC(C)c1ccc(CBr)cc1.CC(C)c1ccc(N2Cc3ccccc3C2=O)cc1.CCCC(F)c1ccccc1.Cc1ccc(Oc2ccc(OC(C)F)cc2)nc1.FCc1ccc(OCc2ccccc2)cc1. The average molecular weight is 1260 g/mol. The maximum absolute atomic E-state index is 13.1. The molecule has 1 aliphatic rings. The number of rotatable bonds is 20. The van der Waals surface area contributed by atoms with E-state index in [2.05, 4.69) is 91.6 Å². The highest BCUT2D eigenvalue weighted by Gasteiger charge is 2.27. The van der Waals surface area contributed by atoms with Crippen molar-refractivity contribution in [3.63, 3.8) is 0 Å². The topological polar surface area (TPSA) is 79.4 Å². The highest BCUT2D eigenvalue weighted by Crippen LogP contribution is 2.30. The van der Waals surface area contributed by atoms with Gasteiger partial charge in [0, 0.05) is 35.8 Å². The highest BCUT2D eigenvalue weighted by molar-refractivity contribution is 9.08. The summed E-state index contributed by atoms with van der Waals surface area (Å²) in [5.41, 5.74) is 10.6. The van der Waals surface area contributed by atoms with Gasteiger partial charge in [-0.2, -0.15) is 0 Å². The zero-order valence-electron chi connectivity index (χ0n) is 52.0. The molecule has 0 saturated heterocycles. The largest absolute Gasteiger partial charge is 0.494 e. The van der Waals surface area contributed by atoms with Crippen molar-refractivity contribution < 1.29 is 41.7 Å². The molecule has 0 fully saturated rings. The van der Waals surface area contributed by atoms with Gasteiger partial charge < -0.3 is 28.6 Å². The summed E-state index contributed by atoms with van der Waals surface area (Å²) in [5, 5.41) is 0.950. The van der Waals surface area contributed by atoms with Crippen LogP contribution in [0.3, 0.4) is 0 Å². The fraction of sp³-hybridized carbons (Fsp3) is 0.263. The lowest BCUT2D eigenvalue weighted by atomic mass is 10.0. The van der Waals surface area contributed by atoms with Crippen molar-refractivity contribution in [2.24, 2.45) is 0 Å². The summed E-state index contributed by atoms with van der Waals surface area (Å²) in [6.07, 6.45) is 2.88. The number of hydrogen-bond donors (Lipinski definition) is 0. The van der Waals surface area contributed by atoms with E-state index in [4.69, 9.17) is 23.7 Å². The molecule has 0 spiro atoms. The van der Waals surface area contributed by atoms with Gasteiger partial charge in [0.2, 0.25) is 12.2 Å². The van der Waals surface area contributed by atoms with Gasteiger partial charge in [-0.05, 0) is 155 Å². The van der Waals surface area contributed by atoms with E-state index in [1.807, 2.05) is 153 Å². The number of amides is 1. The number of halogens is 4. The van der Waals surface area contributed by atoms with E-state index >= 15 is 0 Å². The maximum atomic E-state index is 13.1. The molecule has 2 atom stereocenters. The third-order valence-electron chi connectivity index (χ3n) is 13.3. The van der Waals surface area contributed by atoms with Crippen molar-refractivity contribution in [2.45, 2.75) is 118 Å². The minimum absolute atomic E-state index is 0.105. The molecule has 1 aliphatic heterocycles. The number of ether oxygens (including phenoxy) is 5. The van der Waals surface area contributed by atoms with E-state index in [-0.39, 0.29) is 5.91 Å². The Hall–Kier alpha value is -8.61. The Kier molecular flexibility index (Phi) is 31.3. The zero-order valence-corrected chi connectivity index (χ0v) is 53.6. The van der Waals surface area contributed by atoms with Gasteiger partial charge in [-0.15, -0.1) is 0 Å². The number of nitrogens with zero attached hydrogens (tertiary/aromatic N) is 2. The van der Waals surface area contributed by atoms with E-state index < -0.39 is 19.2 Å². The Morgan fingerprint density at radius 2 is 1.10 bits per heavy atom. The molecule has 2 unspecified atom stereocenters. The number of carbonyl (C=O) groups is 1. The van der Waals surface area contributed by atoms with Crippen molar-refractivity contribution in [3.05, 3.63) is 287 Å². The minimum atomic E-state index is -1.32. The first-order valence-electron chi connectivity index (χ1n) is 29.8. The molecular weight excluding hydrogens is 1170 g/mol. The molecule has 0 saturated carbocycles. The summed E-state index contributed by atoms with van der Waals surface area (Å²) in [6, 6.07) is 69.2. The van der Waals surface area contributed by atoms with Crippen molar-refractivity contribution in [3.8, 4) is 34.6 Å². The number of pyridine rings is 1. The standard InChI is InChI=1S/C17H17NO.C14H14FNO2.C14H13FO.C11H14O2.C10H13Br.C10H13F/c1-12(2)13-7-9-15(10-8-13)18-11-14-5-3-4-6-16(14)17(18)19;1-10-3-8-14(16-9-10)18-13-6-4-12(5-7-13)17-11(2)15;15-10-12-6-8-14(9-7-12)16-11-13-4-2-1-3-5-13;1-3-9-13-11-7-5-10(6-8-11)12-4-2;1-8(2)10-5-3-9(7-11)4-6-10;1-2-6-10(11)9-7-4-3-5-8-9/h3-10,12H,11H2,1-2H3;3-9,11H,1-2H3;1-9H,10-11H2;3,5-8H,1,4,9H2,2H3;3-6,8H,7H2,1-2H3;3-5,7-8,10H,2,6H2,1H3. The number of benzene rings is 8. The second-order valence-corrected chi connectivity index (χ2v) is 21.5. The summed E-state index contributed by atoms with van der Waals surface area (Å²) in [7, 11) is 0. The Morgan fingerprint density at radius 3 is 1.62 bits per heavy atom. The lowest BCUT2D eigenvalue weighted by Gasteiger charge is -2.16. The molecular formula is C76H84BrF3N2O6. The van der Waals surface area contributed by atoms with E-state index in [9.17, 15) is 18.0 Å². The Bertz CT molecular complexity index is 3330. The van der Waals surface area contributed by atoms with Crippen LogP contribution in [0.25, 0.3) is 0 Å². The molecule has 1 aromatic heterocycles. The quantitative estimate of drug-likeness (QED) is 0.0556. The fourth-order valence-electron chi connectivity index (χ4n) is 8.35. The van der Waals surface area contributed by atoms with Gasteiger partial charge in [-0.1, -0.05) is 203 Å². The van der Waals surface area contributed by atoms with Crippen molar-refractivity contribution in [1.82, 2.24) is 4.98 Å². The first kappa shape index (κ1) is 70.2. The maximum Gasteiger partial charge on any atom is 0.258 e. The molecule has 12 heteroatoms. The van der Waals surface area contributed by atoms with Gasteiger partial charge in [0.25, 0.3) is 5.91 Å². The zero-order chi connectivity index (χ0) is 63.5. The van der Waals surface area contributed by atoms with Crippen LogP contribution in [0.2, 0.25) is 0 Å². The van der Waals surface area contributed by atoms with E-state index in [1.165, 1.54) is 23.6 Å². The second kappa shape index (κ2) is 39.2. The Balaban J connectivity index is 0.000000195. The lowest BCUT2D eigenvalue weighted by molar-refractivity contribution is 0.0859. The predicted octanol–water partition coefficient (Wildman–Crippen LogP) is 21.4. The molecule has 0 aliphatic carbocycles. The summed E-state index contributed by atoms with van der Waals surface area (Å²) in [4.78, 5) is 18.3. The molecule has 8 nitrogen and oxygen atoms in total. The molecule has 10 rings (SSSR count). The summed E-state index contributed by atoms with van der Waals surface area (Å²) in [6.45, 7) is 21.6. The summed E-state index contributed by atoms with van der Waals surface area (Å²) in [5.74, 6) is 5.35. The third kappa shape index (κ3) is 25.4. The molecule has 462 valence electrons. The van der Waals surface area contributed by atoms with Crippen LogP contribution in [0.4, 0.5) is 18.9 Å². The molecule has 0 bridgehead atoms. The average Bonchev–Trinajstić information content (AvgIpc) is 2.37. The number of fused-ring (bicyclic) bond motifs is 1. The highest BCUT2D eigenvalue weighted by atomic mass is 79.9. The predicted molar refractivity (Wildman–Crippen MR) is 358 cm³/mol. The molecule has 8 aromatic carbocycles.